The molecule has 4 N–H and O–H groups in total. The Morgan fingerprint density at radius 2 is 1.87 bits per heavy atom. The van der Waals surface area contributed by atoms with Gasteiger partial charge in [0.05, 0.1) is 22.1 Å². The maximum absolute atomic E-state index is 14.6. The Hall–Kier alpha value is -4.05. The molecule has 2 aliphatic heterocycles. The van der Waals surface area contributed by atoms with Crippen LogP contribution in [-0.4, -0.2) is 84.0 Å². The Morgan fingerprint density at radius 1 is 1.11 bits per heavy atom. The lowest BCUT2D eigenvalue weighted by molar-refractivity contribution is -0.384. The van der Waals surface area contributed by atoms with Crippen LogP contribution in [0.2, 0.25) is 5.02 Å². The van der Waals surface area contributed by atoms with Crippen LogP contribution in [0.4, 0.5) is 11.4 Å². The van der Waals surface area contributed by atoms with Crippen LogP contribution in [-0.2, 0) is 19.9 Å². The molecule has 1 unspecified atom stereocenters. The zero-order valence-electron chi connectivity index (χ0n) is 29.9. The third kappa shape index (κ3) is 7.80. The third-order valence-electron chi connectivity index (χ3n) is 11.0. The summed E-state index contributed by atoms with van der Waals surface area (Å²) < 4.78 is 36.0. The number of fused-ring (bicyclic) bond motifs is 1. The number of piperazine rings is 1. The van der Waals surface area contributed by atoms with E-state index >= 15 is 0 Å². The van der Waals surface area contributed by atoms with Crippen molar-refractivity contribution in [1.82, 2.24) is 19.2 Å². The second-order valence-corrected chi connectivity index (χ2v) is 17.7. The van der Waals surface area contributed by atoms with Crippen molar-refractivity contribution in [1.29, 1.82) is 0 Å². The highest BCUT2D eigenvalue weighted by Gasteiger charge is 2.41. The lowest BCUT2D eigenvalue weighted by Gasteiger charge is -2.42. The maximum atomic E-state index is 14.6. The van der Waals surface area contributed by atoms with E-state index < -0.39 is 26.5 Å². The number of nitro benzene ring substituents is 1. The van der Waals surface area contributed by atoms with Gasteiger partial charge in [0.25, 0.3) is 5.69 Å². The van der Waals surface area contributed by atoms with Crippen molar-refractivity contribution < 1.29 is 23.2 Å². The van der Waals surface area contributed by atoms with E-state index in [2.05, 4.69) is 46.2 Å². The molecule has 0 bridgehead atoms. The normalized spacial score (nSPS) is 21.2. The van der Waals surface area contributed by atoms with Crippen molar-refractivity contribution in [3.8, 4) is 5.75 Å². The standard InChI is InChI=1S/C38H45ClN7O6S/c1-37(2)11-9-26(30(20-37)25-3-5-27(39)6-4-25)22-44-15-16-45(33(23-44)35-29-10-14-41-36(29)42-21-34(35)47)53(50,51)28-7-8-31(32(19-28)46(48)49)43-24-38(40)12-17-52-18-13-38/h3-8,10,14,19,21,33,43H,9,11-13,15-18,20,22-24,40H2,1-2H3,(H,41,42). The number of nitrogens with zero attached hydrogens (tertiary/aromatic N) is 4. The number of rotatable bonds is 10. The first kappa shape index (κ1) is 37.3. The van der Waals surface area contributed by atoms with Crippen LogP contribution >= 0.6 is 11.6 Å². The number of sulfonamides is 1. The van der Waals surface area contributed by atoms with Crippen LogP contribution in [0.25, 0.3) is 16.6 Å². The zero-order valence-corrected chi connectivity index (χ0v) is 31.5. The number of pyridine rings is 1. The average molecular weight is 763 g/mol. The Morgan fingerprint density at radius 3 is 2.60 bits per heavy atom. The smallest absolute Gasteiger partial charge is 0.293 e. The summed E-state index contributed by atoms with van der Waals surface area (Å²) in [7, 11) is -4.34. The summed E-state index contributed by atoms with van der Waals surface area (Å²) in [6.07, 6.45) is 6.88. The molecule has 2 aromatic heterocycles. The highest BCUT2D eigenvalue weighted by atomic mass is 35.5. The summed E-state index contributed by atoms with van der Waals surface area (Å²) in [4.78, 5) is 21.0. The van der Waals surface area contributed by atoms with E-state index in [0.29, 0.717) is 60.8 Å². The molecule has 0 spiro atoms. The van der Waals surface area contributed by atoms with Crippen molar-refractivity contribution >= 4 is 49.6 Å². The van der Waals surface area contributed by atoms with Crippen LogP contribution in [0, 0.1) is 15.5 Å². The first-order valence-corrected chi connectivity index (χ1v) is 19.8. The van der Waals surface area contributed by atoms with E-state index in [0.717, 1.165) is 30.9 Å². The number of halogens is 1. The second kappa shape index (κ2) is 14.6. The van der Waals surface area contributed by atoms with Gasteiger partial charge in [0.1, 0.15) is 11.3 Å². The van der Waals surface area contributed by atoms with E-state index in [1.54, 1.807) is 12.3 Å². The van der Waals surface area contributed by atoms with Crippen LogP contribution in [0.5, 0.6) is 5.75 Å². The molecule has 4 heterocycles. The number of hydrogen-bond donors (Lipinski definition) is 3. The Labute approximate surface area is 314 Å². The first-order valence-electron chi connectivity index (χ1n) is 18.0. The van der Waals surface area contributed by atoms with Crippen LogP contribution in [0.15, 0.2) is 71.4 Å². The molecule has 2 saturated heterocycles. The largest absolute Gasteiger partial charge is 0.381 e. The summed E-state index contributed by atoms with van der Waals surface area (Å²) in [6.45, 7) is 7.13. The van der Waals surface area contributed by atoms with Crippen LogP contribution < -0.4 is 11.1 Å². The Balaban J connectivity index is 1.23. The fraction of sp³-hybridized carbons (Fsp3) is 0.447. The lowest BCUT2D eigenvalue weighted by Crippen LogP contribution is -2.51. The number of allylic oxidation sites excluding steroid dienone is 1. The van der Waals surface area contributed by atoms with Gasteiger partial charge in [-0.15, -0.1) is 0 Å². The highest BCUT2D eigenvalue weighted by Crippen LogP contribution is 2.45. The van der Waals surface area contributed by atoms with Gasteiger partial charge >= 0.3 is 0 Å². The van der Waals surface area contributed by atoms with E-state index in [4.69, 9.17) is 22.1 Å². The van der Waals surface area contributed by atoms with Gasteiger partial charge in [0.2, 0.25) is 15.8 Å². The number of hydrogen-bond acceptors (Lipinski definition) is 9. The van der Waals surface area contributed by atoms with Crippen LogP contribution in [0.1, 0.15) is 63.1 Å². The van der Waals surface area contributed by atoms with E-state index in [-0.39, 0.29) is 47.1 Å². The number of benzene rings is 2. The molecule has 1 atom stereocenters. The summed E-state index contributed by atoms with van der Waals surface area (Å²) >= 11 is 6.24. The van der Waals surface area contributed by atoms with Gasteiger partial charge in [-0.3, -0.25) is 20.1 Å². The molecule has 281 valence electrons. The highest BCUT2D eigenvalue weighted by molar-refractivity contribution is 7.89. The topological polar surface area (TPSA) is 180 Å². The van der Waals surface area contributed by atoms with E-state index in [1.165, 1.54) is 33.8 Å². The molecule has 0 amide bonds. The third-order valence-corrected chi connectivity index (χ3v) is 13.2. The average Bonchev–Trinajstić information content (AvgIpc) is 3.61. The van der Waals surface area contributed by atoms with Gasteiger partial charge in [0.15, 0.2) is 0 Å². The van der Waals surface area contributed by atoms with Crippen LogP contribution in [0.3, 0.4) is 0 Å². The molecule has 1 aliphatic carbocycles. The molecule has 2 fully saturated rings. The molecule has 3 aliphatic rings. The predicted octanol–water partition coefficient (Wildman–Crippen LogP) is 6.90. The fourth-order valence-corrected chi connectivity index (χ4v) is 9.64. The van der Waals surface area contributed by atoms with Gasteiger partial charge in [-0.2, -0.15) is 4.31 Å². The number of aromatic amines is 1. The number of aromatic nitrogens is 2. The molecule has 53 heavy (non-hydrogen) atoms. The molecule has 0 saturated carbocycles. The minimum Gasteiger partial charge on any atom is -0.381 e. The van der Waals surface area contributed by atoms with Gasteiger partial charge in [-0.05, 0) is 79.0 Å². The summed E-state index contributed by atoms with van der Waals surface area (Å²) in [5.41, 5.74) is 10.3. The fourth-order valence-electron chi connectivity index (χ4n) is 7.91. The van der Waals surface area contributed by atoms with Gasteiger partial charge < -0.3 is 20.8 Å². The molecule has 2 aromatic carbocycles. The number of nitro groups is 1. The SMILES string of the molecule is CC1(C)CCC(CN2CCN(S(=O)(=O)c3ccc(NCC4(N)CCOCC4)c([N+](=O)[O-])c3)C(c3c([O])cnc4[nH]ccc34)C2)=C(c2ccc(Cl)cc2)C1. The molecule has 15 heteroatoms. The maximum Gasteiger partial charge on any atom is 0.293 e. The van der Waals surface area contributed by atoms with Crippen molar-refractivity contribution in [2.24, 2.45) is 11.1 Å². The van der Waals surface area contributed by atoms with Crippen molar-refractivity contribution in [3.05, 3.63) is 92.8 Å². The van der Waals surface area contributed by atoms with Crippen molar-refractivity contribution in [2.45, 2.75) is 62.4 Å². The Kier molecular flexibility index (Phi) is 10.3. The molecular formula is C38H45ClN7O6S. The van der Waals surface area contributed by atoms with Crippen molar-refractivity contribution in [2.75, 3.05) is 51.3 Å². The first-order chi connectivity index (χ1) is 25.2. The second-order valence-electron chi connectivity index (χ2n) is 15.3. The van der Waals surface area contributed by atoms with Gasteiger partial charge in [-0.25, -0.2) is 13.4 Å². The van der Waals surface area contributed by atoms with E-state index in [9.17, 15) is 23.6 Å². The zero-order chi connectivity index (χ0) is 37.5. The minimum absolute atomic E-state index is 0.0707. The Bertz CT molecular complexity index is 2150. The lowest BCUT2D eigenvalue weighted by atomic mass is 9.72. The minimum atomic E-state index is -4.34. The summed E-state index contributed by atoms with van der Waals surface area (Å²) in [5.74, 6) is -0.376. The molecule has 1 radical (unpaired) electrons. The van der Waals surface area contributed by atoms with Gasteiger partial charge in [-0.1, -0.05) is 43.2 Å². The predicted molar refractivity (Wildman–Crippen MR) is 204 cm³/mol. The quantitative estimate of drug-likeness (QED) is 0.114. The number of H-pyrrole nitrogens is 1. The monoisotopic (exact) mass is 762 g/mol. The molecule has 13 nitrogen and oxygen atoms in total. The summed E-state index contributed by atoms with van der Waals surface area (Å²) in [6, 6.07) is 12.7. The molecule has 7 rings (SSSR count). The van der Waals surface area contributed by atoms with Crippen molar-refractivity contribution in [3.63, 3.8) is 0 Å². The number of anilines is 1. The number of nitrogens with one attached hydrogen (secondary N) is 2. The summed E-state index contributed by atoms with van der Waals surface area (Å²) in [5, 5.41) is 30.2. The van der Waals surface area contributed by atoms with E-state index in [1.807, 2.05) is 12.1 Å². The number of nitrogens with two attached hydrogens (primary N) is 1. The molecular weight excluding hydrogens is 718 g/mol. The van der Waals surface area contributed by atoms with Gasteiger partial charge in [0, 0.05) is 79.7 Å². The molecule has 4 aromatic rings. The number of ether oxygens (including phenoxy) is 1.